The summed E-state index contributed by atoms with van der Waals surface area (Å²) in [7, 11) is 0. The van der Waals surface area contributed by atoms with Gasteiger partial charge in [-0.05, 0) is 26.0 Å². The maximum absolute atomic E-state index is 12.5. The van der Waals surface area contributed by atoms with Gasteiger partial charge in [0.15, 0.2) is 0 Å². The van der Waals surface area contributed by atoms with Gasteiger partial charge in [-0.3, -0.25) is 5.32 Å². The van der Waals surface area contributed by atoms with Crippen LogP contribution in [0, 0.1) is 13.8 Å². The van der Waals surface area contributed by atoms with Crippen molar-refractivity contribution in [1.82, 2.24) is 15.1 Å². The molecular formula is C18H22N4O3. The number of amides is 2. The molecule has 0 unspecified atom stereocenters. The third-order valence-electron chi connectivity index (χ3n) is 4.99. The maximum atomic E-state index is 12.5. The van der Waals surface area contributed by atoms with E-state index in [1.165, 1.54) is 0 Å². The number of nitrogens with zero attached hydrogens (tertiary/aromatic N) is 2. The van der Waals surface area contributed by atoms with E-state index in [0.29, 0.717) is 25.3 Å². The highest BCUT2D eigenvalue weighted by Crippen LogP contribution is 2.51. The number of aryl methyl sites for hydroxylation is 2. The lowest BCUT2D eigenvalue weighted by atomic mass is 9.69. The molecule has 3 N–H and O–H groups in total. The summed E-state index contributed by atoms with van der Waals surface area (Å²) in [5.74, 6) is 0.613. The van der Waals surface area contributed by atoms with Crippen molar-refractivity contribution in [1.29, 1.82) is 0 Å². The van der Waals surface area contributed by atoms with Gasteiger partial charge in [-0.2, -0.15) is 5.10 Å². The Morgan fingerprint density at radius 2 is 2.04 bits per heavy atom. The number of nitrogens with one attached hydrogen (secondary N) is 2. The van der Waals surface area contributed by atoms with Crippen LogP contribution in [0.4, 0.5) is 10.6 Å². The molecule has 2 amide bonds. The van der Waals surface area contributed by atoms with Gasteiger partial charge in [0.1, 0.15) is 5.82 Å². The standard InChI is InChI=1S/C18H22N4O3/c1-12-3-5-14(6-4-12)22-15(7-13(2)21-22)19-16(24)20-17-8-18(9-17,10-23)25-11-17/h3-7,23H,8-11H2,1-2H3,(H2,19,20,24). The summed E-state index contributed by atoms with van der Waals surface area (Å²) in [5.41, 5.74) is 2.06. The number of aliphatic hydroxyl groups is 1. The fourth-order valence-corrected chi connectivity index (χ4v) is 3.82. The number of carbonyl (C=O) groups excluding carboxylic acids is 1. The molecule has 7 heteroatoms. The number of benzene rings is 1. The summed E-state index contributed by atoms with van der Waals surface area (Å²) in [5, 5.41) is 19.7. The van der Waals surface area contributed by atoms with Gasteiger partial charge in [-0.25, -0.2) is 9.48 Å². The number of anilines is 1. The first kappa shape index (κ1) is 16.1. The molecule has 1 aromatic carbocycles. The summed E-state index contributed by atoms with van der Waals surface area (Å²) < 4.78 is 7.33. The monoisotopic (exact) mass is 342 g/mol. The van der Waals surface area contributed by atoms with Crippen LogP contribution in [0.2, 0.25) is 0 Å². The largest absolute Gasteiger partial charge is 0.393 e. The Hall–Kier alpha value is -2.38. The second-order valence-corrected chi connectivity index (χ2v) is 7.26. The quantitative estimate of drug-likeness (QED) is 0.792. The highest BCUT2D eigenvalue weighted by Gasteiger charge is 2.63. The number of ether oxygens (including phenoxy) is 1. The van der Waals surface area contributed by atoms with Crippen LogP contribution < -0.4 is 10.6 Å². The molecular weight excluding hydrogens is 320 g/mol. The molecule has 1 saturated carbocycles. The van der Waals surface area contributed by atoms with Gasteiger partial charge in [-0.1, -0.05) is 17.7 Å². The molecule has 0 spiro atoms. The maximum Gasteiger partial charge on any atom is 0.320 e. The second kappa shape index (κ2) is 5.57. The van der Waals surface area contributed by atoms with Crippen molar-refractivity contribution in [2.24, 2.45) is 0 Å². The number of fused-ring (bicyclic) bond motifs is 1. The van der Waals surface area contributed by atoms with Crippen LogP contribution in [0.5, 0.6) is 0 Å². The molecule has 7 nitrogen and oxygen atoms in total. The average Bonchev–Trinajstić information content (AvgIpc) is 3.19. The number of aromatic nitrogens is 2. The molecule has 1 aromatic heterocycles. The normalized spacial score (nSPS) is 27.0. The van der Waals surface area contributed by atoms with Crippen LogP contribution >= 0.6 is 0 Å². The van der Waals surface area contributed by atoms with Crippen LogP contribution in [0.25, 0.3) is 5.69 Å². The van der Waals surface area contributed by atoms with E-state index >= 15 is 0 Å². The van der Waals surface area contributed by atoms with Gasteiger partial charge in [0.25, 0.3) is 0 Å². The summed E-state index contributed by atoms with van der Waals surface area (Å²) >= 11 is 0. The van der Waals surface area contributed by atoms with Crippen molar-refractivity contribution in [2.45, 2.75) is 37.8 Å². The van der Waals surface area contributed by atoms with E-state index in [-0.39, 0.29) is 18.2 Å². The molecule has 132 valence electrons. The first-order chi connectivity index (χ1) is 11.9. The van der Waals surface area contributed by atoms with Gasteiger partial charge in [-0.15, -0.1) is 0 Å². The van der Waals surface area contributed by atoms with Gasteiger partial charge in [0, 0.05) is 18.9 Å². The zero-order valence-corrected chi connectivity index (χ0v) is 14.4. The third-order valence-corrected chi connectivity index (χ3v) is 4.99. The van der Waals surface area contributed by atoms with Gasteiger partial charge in [0.2, 0.25) is 0 Å². The number of rotatable bonds is 4. The van der Waals surface area contributed by atoms with E-state index in [0.717, 1.165) is 16.9 Å². The molecule has 3 aliphatic rings. The number of carbonyl (C=O) groups is 1. The first-order valence-corrected chi connectivity index (χ1v) is 8.40. The third kappa shape index (κ3) is 2.79. The molecule has 3 heterocycles. The van der Waals surface area contributed by atoms with Gasteiger partial charge >= 0.3 is 6.03 Å². The van der Waals surface area contributed by atoms with E-state index in [1.807, 2.05) is 44.2 Å². The Labute approximate surface area is 146 Å². The molecule has 2 bridgehead atoms. The molecule has 0 atom stereocenters. The molecule has 2 saturated heterocycles. The topological polar surface area (TPSA) is 88.4 Å². The van der Waals surface area contributed by atoms with Crippen molar-refractivity contribution in [3.8, 4) is 5.69 Å². The van der Waals surface area contributed by atoms with Crippen molar-refractivity contribution in [2.75, 3.05) is 18.5 Å². The lowest BCUT2D eigenvalue weighted by Gasteiger charge is -2.43. The molecule has 5 rings (SSSR count). The van der Waals surface area contributed by atoms with Crippen molar-refractivity contribution < 1.29 is 14.6 Å². The lowest BCUT2D eigenvalue weighted by molar-refractivity contribution is -0.0489. The molecule has 2 aliphatic heterocycles. The van der Waals surface area contributed by atoms with E-state index < -0.39 is 5.60 Å². The summed E-state index contributed by atoms with van der Waals surface area (Å²) in [4.78, 5) is 12.5. The van der Waals surface area contributed by atoms with Crippen LogP contribution in [0.15, 0.2) is 30.3 Å². The number of hydrogen-bond acceptors (Lipinski definition) is 4. The predicted octanol–water partition coefficient (Wildman–Crippen LogP) is 1.90. The molecule has 2 aromatic rings. The number of hydrogen-bond donors (Lipinski definition) is 3. The summed E-state index contributed by atoms with van der Waals surface area (Å²) in [6.45, 7) is 4.35. The zero-order valence-electron chi connectivity index (χ0n) is 14.4. The molecule has 0 radical (unpaired) electrons. The van der Waals surface area contributed by atoms with Crippen LogP contribution in [-0.4, -0.2) is 45.3 Å². The molecule has 25 heavy (non-hydrogen) atoms. The fourth-order valence-electron chi connectivity index (χ4n) is 3.82. The SMILES string of the molecule is Cc1ccc(-n2nc(C)cc2NC(=O)NC23COC(CO)(C2)C3)cc1. The van der Waals surface area contributed by atoms with Crippen molar-refractivity contribution in [3.05, 3.63) is 41.6 Å². The van der Waals surface area contributed by atoms with Crippen LogP contribution in [0.3, 0.4) is 0 Å². The Morgan fingerprint density at radius 3 is 2.68 bits per heavy atom. The fraction of sp³-hybridized carbons (Fsp3) is 0.444. The van der Waals surface area contributed by atoms with Gasteiger partial charge in [0.05, 0.1) is 35.7 Å². The minimum Gasteiger partial charge on any atom is -0.393 e. The van der Waals surface area contributed by atoms with Crippen LogP contribution in [-0.2, 0) is 4.74 Å². The van der Waals surface area contributed by atoms with E-state index in [2.05, 4.69) is 15.7 Å². The lowest BCUT2D eigenvalue weighted by Crippen LogP contribution is -2.61. The Bertz CT molecular complexity index is 806. The summed E-state index contributed by atoms with van der Waals surface area (Å²) in [6.07, 6.45) is 1.31. The number of aliphatic hydroxyl groups excluding tert-OH is 1. The number of urea groups is 1. The highest BCUT2D eigenvalue weighted by atomic mass is 16.5. The van der Waals surface area contributed by atoms with Gasteiger partial charge < -0.3 is 15.2 Å². The Kier molecular flexibility index (Phi) is 3.59. The minimum atomic E-state index is -0.451. The van der Waals surface area contributed by atoms with E-state index in [4.69, 9.17) is 4.74 Å². The van der Waals surface area contributed by atoms with E-state index in [1.54, 1.807) is 4.68 Å². The predicted molar refractivity (Wildman–Crippen MR) is 92.9 cm³/mol. The smallest absolute Gasteiger partial charge is 0.320 e. The Morgan fingerprint density at radius 1 is 1.32 bits per heavy atom. The second-order valence-electron chi connectivity index (χ2n) is 7.26. The minimum absolute atomic E-state index is 0.00254. The average molecular weight is 342 g/mol. The molecule has 3 fully saturated rings. The highest BCUT2D eigenvalue weighted by molar-refractivity contribution is 5.89. The molecule has 1 aliphatic carbocycles. The van der Waals surface area contributed by atoms with Crippen molar-refractivity contribution in [3.63, 3.8) is 0 Å². The summed E-state index contributed by atoms with van der Waals surface area (Å²) in [6, 6.07) is 9.50. The van der Waals surface area contributed by atoms with Crippen LogP contribution in [0.1, 0.15) is 24.1 Å². The first-order valence-electron chi connectivity index (χ1n) is 8.40. The van der Waals surface area contributed by atoms with Crippen molar-refractivity contribution >= 4 is 11.8 Å². The Balaban J connectivity index is 1.48. The van der Waals surface area contributed by atoms with E-state index in [9.17, 15) is 9.90 Å². The zero-order chi connectivity index (χ0) is 17.7.